The average Bonchev–Trinajstić information content (AvgIpc) is 3.38. The minimum Gasteiger partial charge on any atom is -0.418 e. The smallest absolute Gasteiger partial charge is 0.259 e. The highest BCUT2D eigenvalue weighted by atomic mass is 32.1. The number of nitrogens with zero attached hydrogens (tertiary/aromatic N) is 6. The molecule has 3 aromatic heterocycles. The van der Waals surface area contributed by atoms with Crippen LogP contribution in [0.15, 0.2) is 22.3 Å². The largest absolute Gasteiger partial charge is 0.418 e. The van der Waals surface area contributed by atoms with Gasteiger partial charge < -0.3 is 9.32 Å². The summed E-state index contributed by atoms with van der Waals surface area (Å²) in [6.45, 7) is 5.31. The molecule has 0 radical (unpaired) electrons. The minimum atomic E-state index is -0.188. The van der Waals surface area contributed by atoms with Crippen molar-refractivity contribution in [1.82, 2.24) is 29.9 Å². The van der Waals surface area contributed by atoms with E-state index in [1.165, 1.54) is 11.3 Å². The van der Waals surface area contributed by atoms with Gasteiger partial charge in [-0.15, -0.1) is 21.5 Å². The van der Waals surface area contributed by atoms with Gasteiger partial charge in [0.2, 0.25) is 5.89 Å². The molecule has 1 aliphatic heterocycles. The summed E-state index contributed by atoms with van der Waals surface area (Å²) >= 11 is 1.47. The van der Waals surface area contributed by atoms with Crippen molar-refractivity contribution in [2.24, 2.45) is 0 Å². The van der Waals surface area contributed by atoms with E-state index < -0.39 is 0 Å². The van der Waals surface area contributed by atoms with E-state index >= 15 is 0 Å². The SMILES string of the molecule is CCn1cc(C(=O)N2CCCC2c2nnc(-c3scnc3C)o2)cn1. The maximum atomic E-state index is 12.8. The highest BCUT2D eigenvalue weighted by molar-refractivity contribution is 7.13. The molecule has 4 rings (SSSR count). The molecule has 0 saturated carbocycles. The second-order valence-electron chi connectivity index (χ2n) is 5.95. The second kappa shape index (κ2) is 6.40. The normalized spacial score (nSPS) is 17.4. The van der Waals surface area contributed by atoms with E-state index in [9.17, 15) is 4.79 Å². The number of rotatable bonds is 4. The quantitative estimate of drug-likeness (QED) is 0.712. The molecule has 1 aliphatic rings. The van der Waals surface area contributed by atoms with Crippen LogP contribution in [0.2, 0.25) is 0 Å². The molecule has 25 heavy (non-hydrogen) atoms. The van der Waals surface area contributed by atoms with Crippen LogP contribution in [0, 0.1) is 6.92 Å². The molecule has 9 heteroatoms. The van der Waals surface area contributed by atoms with E-state index in [1.54, 1.807) is 27.5 Å². The van der Waals surface area contributed by atoms with Crippen molar-refractivity contribution in [2.45, 2.75) is 39.3 Å². The lowest BCUT2D eigenvalue weighted by molar-refractivity contribution is 0.0716. The molecule has 1 unspecified atom stereocenters. The van der Waals surface area contributed by atoms with Gasteiger partial charge in [-0.05, 0) is 26.7 Å². The molecule has 8 nitrogen and oxygen atoms in total. The van der Waals surface area contributed by atoms with Crippen molar-refractivity contribution in [3.05, 3.63) is 35.1 Å². The lowest BCUT2D eigenvalue weighted by Gasteiger charge is -2.21. The standard InChI is InChI=1S/C16H18N6O2S/c1-3-21-8-11(7-18-21)16(23)22-6-4-5-12(22)14-19-20-15(24-14)13-10(2)17-9-25-13/h7-9,12H,3-6H2,1-2H3. The number of hydrogen-bond donors (Lipinski definition) is 0. The summed E-state index contributed by atoms with van der Waals surface area (Å²) in [7, 11) is 0. The van der Waals surface area contributed by atoms with Crippen LogP contribution in [0.3, 0.4) is 0 Å². The van der Waals surface area contributed by atoms with E-state index in [1.807, 2.05) is 13.8 Å². The van der Waals surface area contributed by atoms with Crippen LogP contribution in [0.4, 0.5) is 0 Å². The molecule has 0 bridgehead atoms. The zero-order chi connectivity index (χ0) is 17.4. The highest BCUT2D eigenvalue weighted by Crippen LogP contribution is 2.34. The molecule has 4 heterocycles. The molecule has 1 amide bonds. The van der Waals surface area contributed by atoms with Crippen LogP contribution in [0.1, 0.15) is 47.7 Å². The number of likely N-dealkylation sites (tertiary alicyclic amines) is 1. The van der Waals surface area contributed by atoms with Crippen molar-refractivity contribution in [3.8, 4) is 10.8 Å². The molecule has 1 fully saturated rings. The molecule has 0 N–H and O–H groups in total. The third kappa shape index (κ3) is 2.84. The predicted octanol–water partition coefficient (Wildman–Crippen LogP) is 2.70. The topological polar surface area (TPSA) is 89.9 Å². The third-order valence-corrected chi connectivity index (χ3v) is 5.30. The molecular formula is C16H18N6O2S. The molecule has 0 aromatic carbocycles. The lowest BCUT2D eigenvalue weighted by atomic mass is 10.2. The van der Waals surface area contributed by atoms with Crippen molar-refractivity contribution in [2.75, 3.05) is 6.54 Å². The Bertz CT molecular complexity index is 898. The number of aryl methyl sites for hydroxylation is 2. The number of hydrogen-bond acceptors (Lipinski definition) is 7. The molecule has 1 saturated heterocycles. The molecule has 130 valence electrons. The summed E-state index contributed by atoms with van der Waals surface area (Å²) in [5.74, 6) is 0.903. The van der Waals surface area contributed by atoms with Crippen LogP contribution < -0.4 is 0 Å². The van der Waals surface area contributed by atoms with Crippen LogP contribution in [-0.2, 0) is 6.54 Å². The summed E-state index contributed by atoms with van der Waals surface area (Å²) in [6.07, 6.45) is 5.12. The van der Waals surface area contributed by atoms with Crippen LogP contribution in [0.25, 0.3) is 10.8 Å². The van der Waals surface area contributed by atoms with E-state index in [2.05, 4.69) is 20.3 Å². The van der Waals surface area contributed by atoms with Gasteiger partial charge in [-0.2, -0.15) is 5.10 Å². The van der Waals surface area contributed by atoms with Gasteiger partial charge in [-0.25, -0.2) is 4.98 Å². The van der Waals surface area contributed by atoms with Gasteiger partial charge in [0.15, 0.2) is 0 Å². The van der Waals surface area contributed by atoms with Gasteiger partial charge in [0.1, 0.15) is 10.9 Å². The minimum absolute atomic E-state index is 0.0454. The van der Waals surface area contributed by atoms with Crippen molar-refractivity contribution in [1.29, 1.82) is 0 Å². The van der Waals surface area contributed by atoms with Gasteiger partial charge in [-0.1, -0.05) is 0 Å². The van der Waals surface area contributed by atoms with Gasteiger partial charge in [-0.3, -0.25) is 9.48 Å². The first-order valence-corrected chi connectivity index (χ1v) is 9.12. The second-order valence-corrected chi connectivity index (χ2v) is 6.81. The third-order valence-electron chi connectivity index (χ3n) is 4.38. The summed E-state index contributed by atoms with van der Waals surface area (Å²) in [5.41, 5.74) is 3.21. The van der Waals surface area contributed by atoms with Gasteiger partial charge in [0, 0.05) is 19.3 Å². The lowest BCUT2D eigenvalue weighted by Crippen LogP contribution is -2.30. The van der Waals surface area contributed by atoms with E-state index in [-0.39, 0.29) is 11.9 Å². The number of thiazole rings is 1. The van der Waals surface area contributed by atoms with Crippen LogP contribution in [0.5, 0.6) is 0 Å². The Morgan fingerprint density at radius 1 is 1.44 bits per heavy atom. The first-order chi connectivity index (χ1) is 12.2. The highest BCUT2D eigenvalue weighted by Gasteiger charge is 2.35. The maximum absolute atomic E-state index is 12.8. The fraction of sp³-hybridized carbons (Fsp3) is 0.438. The van der Waals surface area contributed by atoms with E-state index in [4.69, 9.17) is 4.42 Å². The van der Waals surface area contributed by atoms with E-state index in [0.717, 1.165) is 30.0 Å². The molecule has 1 atom stereocenters. The molecular weight excluding hydrogens is 340 g/mol. The van der Waals surface area contributed by atoms with Crippen LogP contribution in [-0.4, -0.2) is 42.3 Å². The summed E-state index contributed by atoms with van der Waals surface area (Å²) in [4.78, 5) is 19.7. The zero-order valence-electron chi connectivity index (χ0n) is 14.0. The Morgan fingerprint density at radius 3 is 3.04 bits per heavy atom. The van der Waals surface area contributed by atoms with Gasteiger partial charge >= 0.3 is 0 Å². The Kier molecular flexibility index (Phi) is 4.08. The number of amides is 1. The van der Waals surface area contributed by atoms with Crippen molar-refractivity contribution < 1.29 is 9.21 Å². The number of carbonyl (C=O) groups is 1. The monoisotopic (exact) mass is 358 g/mol. The van der Waals surface area contributed by atoms with E-state index in [0.29, 0.717) is 23.9 Å². The molecule has 0 aliphatic carbocycles. The first kappa shape index (κ1) is 15.9. The Hall–Kier alpha value is -2.55. The zero-order valence-corrected chi connectivity index (χ0v) is 14.9. The number of aromatic nitrogens is 5. The van der Waals surface area contributed by atoms with Crippen molar-refractivity contribution in [3.63, 3.8) is 0 Å². The average molecular weight is 358 g/mol. The van der Waals surface area contributed by atoms with Crippen molar-refractivity contribution >= 4 is 17.2 Å². The summed E-state index contributed by atoms with van der Waals surface area (Å²) in [6, 6.07) is -0.188. The fourth-order valence-electron chi connectivity index (χ4n) is 3.05. The Morgan fingerprint density at radius 2 is 2.32 bits per heavy atom. The Labute approximate surface area is 148 Å². The molecule has 0 spiro atoms. The maximum Gasteiger partial charge on any atom is 0.259 e. The summed E-state index contributed by atoms with van der Waals surface area (Å²) < 4.78 is 7.61. The molecule has 3 aromatic rings. The number of carbonyl (C=O) groups excluding carboxylic acids is 1. The predicted molar refractivity (Wildman–Crippen MR) is 91.1 cm³/mol. The summed E-state index contributed by atoms with van der Waals surface area (Å²) in [5, 5.41) is 12.5. The fourth-order valence-corrected chi connectivity index (χ4v) is 3.77. The van der Waals surface area contributed by atoms with Crippen LogP contribution >= 0.6 is 11.3 Å². The Balaban J connectivity index is 1.58. The first-order valence-electron chi connectivity index (χ1n) is 8.24. The van der Waals surface area contributed by atoms with Gasteiger partial charge in [0.25, 0.3) is 11.8 Å². The van der Waals surface area contributed by atoms with Gasteiger partial charge in [0.05, 0.1) is 23.0 Å².